The van der Waals surface area contributed by atoms with Crippen LogP contribution in [0.4, 0.5) is 14.5 Å². The molecule has 0 saturated carbocycles. The predicted octanol–water partition coefficient (Wildman–Crippen LogP) is 3.91. The molecule has 5 rings (SSSR count). The van der Waals surface area contributed by atoms with Crippen molar-refractivity contribution in [3.63, 3.8) is 0 Å². The molecule has 1 atom stereocenters. The topological polar surface area (TPSA) is 89.2 Å². The number of fused-ring (bicyclic) bond motifs is 1. The fourth-order valence-corrected chi connectivity index (χ4v) is 3.65. The number of aliphatic hydroxyl groups is 1. The molecule has 1 unspecified atom stereocenters. The molecule has 31 heavy (non-hydrogen) atoms. The van der Waals surface area contributed by atoms with Gasteiger partial charge in [-0.3, -0.25) is 14.5 Å². The van der Waals surface area contributed by atoms with Crippen molar-refractivity contribution in [3.8, 4) is 11.5 Å². The van der Waals surface area contributed by atoms with E-state index in [0.29, 0.717) is 11.5 Å². The fourth-order valence-electron chi connectivity index (χ4n) is 3.65. The van der Waals surface area contributed by atoms with Crippen LogP contribution in [0.1, 0.15) is 17.4 Å². The van der Waals surface area contributed by atoms with Crippen molar-refractivity contribution in [1.82, 2.24) is 0 Å². The van der Waals surface area contributed by atoms with Crippen molar-refractivity contribution in [1.29, 1.82) is 0 Å². The number of furan rings is 1. The van der Waals surface area contributed by atoms with E-state index in [4.69, 9.17) is 13.9 Å². The number of nitrogens with zero attached hydrogens (tertiary/aromatic N) is 1. The first-order valence-corrected chi connectivity index (χ1v) is 9.15. The molecule has 0 bridgehead atoms. The monoisotopic (exact) mass is 425 g/mol. The Balaban J connectivity index is 1.69. The number of halogens is 2. The standard InChI is InChI=1S/C22H13F2NO6/c23-13-5-4-12(9-14(13)24)25-19(16-2-1-7-29-16)18(21(27)22(25)28)20(26)11-3-6-15-17(8-11)31-10-30-15/h1-9,19,26H,10H2/b20-18-. The SMILES string of the molecule is O=C1C(=O)N(c2ccc(F)c(F)c2)C(c2ccco2)/C1=C(/O)c1ccc2c(c1)OCO2. The smallest absolute Gasteiger partial charge is 0.300 e. The van der Waals surface area contributed by atoms with Crippen molar-refractivity contribution in [2.75, 3.05) is 11.7 Å². The summed E-state index contributed by atoms with van der Waals surface area (Å²) in [6.45, 7) is 0.0203. The van der Waals surface area contributed by atoms with Gasteiger partial charge in [0.15, 0.2) is 23.1 Å². The van der Waals surface area contributed by atoms with Gasteiger partial charge in [-0.15, -0.1) is 0 Å². The number of benzene rings is 2. The van der Waals surface area contributed by atoms with E-state index in [0.717, 1.165) is 17.0 Å². The summed E-state index contributed by atoms with van der Waals surface area (Å²) in [6.07, 6.45) is 1.33. The van der Waals surface area contributed by atoms with Gasteiger partial charge in [-0.2, -0.15) is 0 Å². The second-order valence-electron chi connectivity index (χ2n) is 6.85. The quantitative estimate of drug-likeness (QED) is 0.389. The Hall–Kier alpha value is -4.14. The molecule has 2 aliphatic rings. The normalized spacial score (nSPS) is 19.3. The molecule has 1 aromatic heterocycles. The Morgan fingerprint density at radius 3 is 2.55 bits per heavy atom. The minimum Gasteiger partial charge on any atom is -0.507 e. The number of ether oxygens (including phenoxy) is 2. The van der Waals surface area contributed by atoms with Crippen molar-refractivity contribution in [3.05, 3.63) is 83.3 Å². The Bertz CT molecular complexity index is 1250. The summed E-state index contributed by atoms with van der Waals surface area (Å²) in [5.41, 5.74) is -0.111. The van der Waals surface area contributed by atoms with Gasteiger partial charge in [0.2, 0.25) is 6.79 Å². The molecule has 3 aromatic rings. The molecule has 0 radical (unpaired) electrons. The van der Waals surface area contributed by atoms with Gasteiger partial charge >= 0.3 is 0 Å². The van der Waals surface area contributed by atoms with Crippen LogP contribution in [0.5, 0.6) is 11.5 Å². The number of ketones is 1. The molecule has 3 heterocycles. The van der Waals surface area contributed by atoms with Crippen LogP contribution >= 0.6 is 0 Å². The first-order chi connectivity index (χ1) is 15.0. The molecule has 156 valence electrons. The Morgan fingerprint density at radius 2 is 1.81 bits per heavy atom. The van der Waals surface area contributed by atoms with Crippen molar-refractivity contribution < 1.29 is 37.4 Å². The number of amides is 1. The molecule has 1 fully saturated rings. The van der Waals surface area contributed by atoms with E-state index in [1.165, 1.54) is 30.5 Å². The number of Topliss-reactive ketones (excluding diaryl/α,β-unsaturated/α-hetero) is 1. The average molecular weight is 425 g/mol. The highest BCUT2D eigenvalue weighted by atomic mass is 19.2. The number of hydrogen-bond acceptors (Lipinski definition) is 6. The van der Waals surface area contributed by atoms with Crippen LogP contribution in [0, 0.1) is 11.6 Å². The third-order valence-corrected chi connectivity index (χ3v) is 5.08. The number of hydrogen-bond donors (Lipinski definition) is 1. The Labute approximate surface area is 173 Å². The molecule has 1 N–H and O–H groups in total. The van der Waals surface area contributed by atoms with Crippen LogP contribution in [-0.2, 0) is 9.59 Å². The van der Waals surface area contributed by atoms with Gasteiger partial charge in [0.05, 0.1) is 11.8 Å². The van der Waals surface area contributed by atoms with Gasteiger partial charge in [-0.25, -0.2) is 8.78 Å². The fraction of sp³-hybridized carbons (Fsp3) is 0.0909. The third-order valence-electron chi connectivity index (χ3n) is 5.08. The van der Waals surface area contributed by atoms with Crippen LogP contribution in [0.15, 0.2) is 64.8 Å². The van der Waals surface area contributed by atoms with Gasteiger partial charge in [-0.1, -0.05) is 0 Å². The number of anilines is 1. The minimum atomic E-state index is -1.19. The van der Waals surface area contributed by atoms with E-state index < -0.39 is 35.1 Å². The molecule has 0 aliphatic carbocycles. The van der Waals surface area contributed by atoms with E-state index in [1.54, 1.807) is 12.1 Å². The number of carbonyl (C=O) groups is 2. The zero-order valence-electron chi connectivity index (χ0n) is 15.7. The summed E-state index contributed by atoms with van der Waals surface area (Å²) in [5.74, 6) is -3.77. The molecule has 1 amide bonds. The summed E-state index contributed by atoms with van der Waals surface area (Å²) in [4.78, 5) is 26.8. The van der Waals surface area contributed by atoms with Gasteiger partial charge in [0, 0.05) is 17.3 Å². The highest BCUT2D eigenvalue weighted by molar-refractivity contribution is 6.51. The summed E-state index contributed by atoms with van der Waals surface area (Å²) < 4.78 is 43.2. The van der Waals surface area contributed by atoms with E-state index >= 15 is 0 Å². The molecule has 0 spiro atoms. The lowest BCUT2D eigenvalue weighted by Crippen LogP contribution is -2.29. The Kier molecular flexibility index (Phi) is 4.25. The molecule has 7 nitrogen and oxygen atoms in total. The highest BCUT2D eigenvalue weighted by Crippen LogP contribution is 2.43. The lowest BCUT2D eigenvalue weighted by Gasteiger charge is -2.23. The van der Waals surface area contributed by atoms with E-state index in [-0.39, 0.29) is 29.4 Å². The highest BCUT2D eigenvalue weighted by Gasteiger charge is 2.48. The average Bonchev–Trinajstić information content (AvgIpc) is 3.50. The maximum Gasteiger partial charge on any atom is 0.300 e. The van der Waals surface area contributed by atoms with Gasteiger partial charge in [-0.05, 0) is 42.5 Å². The molecular weight excluding hydrogens is 412 g/mol. The van der Waals surface area contributed by atoms with E-state index in [9.17, 15) is 23.5 Å². The van der Waals surface area contributed by atoms with Crippen LogP contribution in [0.2, 0.25) is 0 Å². The molecule has 2 aliphatic heterocycles. The van der Waals surface area contributed by atoms with Crippen LogP contribution < -0.4 is 14.4 Å². The van der Waals surface area contributed by atoms with Crippen molar-refractivity contribution in [2.24, 2.45) is 0 Å². The second-order valence-corrected chi connectivity index (χ2v) is 6.85. The second kappa shape index (κ2) is 6.98. The molecular formula is C22H13F2NO6. The maximum atomic E-state index is 13.9. The lowest BCUT2D eigenvalue weighted by molar-refractivity contribution is -0.132. The van der Waals surface area contributed by atoms with Gasteiger partial charge in [0.25, 0.3) is 11.7 Å². The summed E-state index contributed by atoms with van der Waals surface area (Å²) in [5, 5.41) is 11.0. The van der Waals surface area contributed by atoms with Crippen molar-refractivity contribution in [2.45, 2.75) is 6.04 Å². The first kappa shape index (κ1) is 18.9. The van der Waals surface area contributed by atoms with Gasteiger partial charge in [0.1, 0.15) is 17.6 Å². The zero-order valence-corrected chi connectivity index (χ0v) is 15.7. The molecule has 1 saturated heterocycles. The van der Waals surface area contributed by atoms with E-state index in [1.807, 2.05) is 0 Å². The minimum absolute atomic E-state index is 0.0203. The zero-order chi connectivity index (χ0) is 21.7. The largest absolute Gasteiger partial charge is 0.507 e. The number of rotatable bonds is 3. The van der Waals surface area contributed by atoms with Crippen molar-refractivity contribution >= 4 is 23.1 Å². The summed E-state index contributed by atoms with van der Waals surface area (Å²) >= 11 is 0. The number of aliphatic hydroxyl groups excluding tert-OH is 1. The van der Waals surface area contributed by atoms with Gasteiger partial charge < -0.3 is 19.0 Å². The predicted molar refractivity (Wildman–Crippen MR) is 102 cm³/mol. The lowest BCUT2D eigenvalue weighted by atomic mass is 9.99. The third kappa shape index (κ3) is 2.93. The molecule has 9 heteroatoms. The summed E-state index contributed by atoms with van der Waals surface area (Å²) in [6, 6.07) is 9.22. The van der Waals surface area contributed by atoms with Crippen LogP contribution in [0.3, 0.4) is 0 Å². The number of carbonyl (C=O) groups excluding carboxylic acids is 2. The van der Waals surface area contributed by atoms with Crippen LogP contribution in [-0.4, -0.2) is 23.6 Å². The molecule has 2 aromatic carbocycles. The van der Waals surface area contributed by atoms with Crippen LogP contribution in [0.25, 0.3) is 5.76 Å². The maximum absolute atomic E-state index is 13.9. The Morgan fingerprint density at radius 1 is 1.00 bits per heavy atom. The summed E-state index contributed by atoms with van der Waals surface area (Å²) in [7, 11) is 0. The van der Waals surface area contributed by atoms with E-state index in [2.05, 4.69) is 0 Å². The first-order valence-electron chi connectivity index (χ1n) is 9.15.